The number of benzene rings is 2. The van der Waals surface area contributed by atoms with E-state index in [1.807, 2.05) is 13.8 Å². The van der Waals surface area contributed by atoms with Crippen LogP contribution in [-0.2, 0) is 14.6 Å². The van der Waals surface area contributed by atoms with Crippen molar-refractivity contribution in [1.29, 1.82) is 0 Å². The molecule has 2 rings (SSSR count). The highest BCUT2D eigenvalue weighted by molar-refractivity contribution is 9.10. The Labute approximate surface area is 138 Å². The van der Waals surface area contributed by atoms with Crippen molar-refractivity contribution in [3.05, 3.63) is 58.1 Å². The van der Waals surface area contributed by atoms with E-state index in [1.165, 1.54) is 12.1 Å². The number of halogens is 1. The molecular weight excluding hydrogens is 366 g/mol. The number of aryl methyl sites for hydroxylation is 2. The van der Waals surface area contributed by atoms with E-state index in [1.54, 1.807) is 30.3 Å². The molecule has 0 atom stereocenters. The SMILES string of the molecule is Cc1ccc(S(=O)(=O)CC(=O)Nc2ccc(Br)c(C)c2)cc1. The number of amides is 1. The van der Waals surface area contributed by atoms with Crippen LogP contribution < -0.4 is 5.32 Å². The van der Waals surface area contributed by atoms with Crippen molar-refractivity contribution < 1.29 is 13.2 Å². The third-order valence-electron chi connectivity index (χ3n) is 3.14. The predicted octanol–water partition coefficient (Wildman–Crippen LogP) is 3.48. The van der Waals surface area contributed by atoms with Gasteiger partial charge in [0.15, 0.2) is 9.84 Å². The molecule has 1 N–H and O–H groups in total. The first-order valence-corrected chi connectivity index (χ1v) is 9.08. The molecule has 2 aromatic carbocycles. The lowest BCUT2D eigenvalue weighted by atomic mass is 10.2. The van der Waals surface area contributed by atoms with Crippen molar-refractivity contribution in [2.45, 2.75) is 18.7 Å². The van der Waals surface area contributed by atoms with E-state index in [-0.39, 0.29) is 4.90 Å². The largest absolute Gasteiger partial charge is 0.325 e. The molecule has 22 heavy (non-hydrogen) atoms. The summed E-state index contributed by atoms with van der Waals surface area (Å²) in [6.07, 6.45) is 0. The van der Waals surface area contributed by atoms with Crippen LogP contribution >= 0.6 is 15.9 Å². The third kappa shape index (κ3) is 4.18. The van der Waals surface area contributed by atoms with Crippen LogP contribution in [0.1, 0.15) is 11.1 Å². The van der Waals surface area contributed by atoms with Gasteiger partial charge in [-0.2, -0.15) is 0 Å². The quantitative estimate of drug-likeness (QED) is 0.881. The fraction of sp³-hybridized carbons (Fsp3) is 0.188. The van der Waals surface area contributed by atoms with Gasteiger partial charge in [0.2, 0.25) is 5.91 Å². The monoisotopic (exact) mass is 381 g/mol. The molecule has 1 amide bonds. The highest BCUT2D eigenvalue weighted by atomic mass is 79.9. The fourth-order valence-electron chi connectivity index (χ4n) is 1.92. The molecule has 0 spiro atoms. The number of hydrogen-bond acceptors (Lipinski definition) is 3. The Morgan fingerprint density at radius 2 is 1.73 bits per heavy atom. The fourth-order valence-corrected chi connectivity index (χ4v) is 3.30. The number of carbonyl (C=O) groups excluding carboxylic acids is 1. The molecule has 0 aromatic heterocycles. The lowest BCUT2D eigenvalue weighted by Crippen LogP contribution is -2.23. The second kappa shape index (κ2) is 6.62. The minimum absolute atomic E-state index is 0.153. The first kappa shape index (κ1) is 16.7. The van der Waals surface area contributed by atoms with Crippen molar-refractivity contribution in [2.75, 3.05) is 11.1 Å². The maximum atomic E-state index is 12.2. The van der Waals surface area contributed by atoms with E-state index in [4.69, 9.17) is 0 Å². The van der Waals surface area contributed by atoms with Crippen molar-refractivity contribution in [3.8, 4) is 0 Å². The lowest BCUT2D eigenvalue weighted by molar-refractivity contribution is -0.113. The smallest absolute Gasteiger partial charge is 0.239 e. The third-order valence-corrected chi connectivity index (χ3v) is 5.67. The number of sulfone groups is 1. The minimum atomic E-state index is -3.64. The summed E-state index contributed by atoms with van der Waals surface area (Å²) in [4.78, 5) is 12.1. The lowest BCUT2D eigenvalue weighted by Gasteiger charge is -2.08. The van der Waals surface area contributed by atoms with Crippen LogP contribution in [0.3, 0.4) is 0 Å². The zero-order chi connectivity index (χ0) is 16.3. The summed E-state index contributed by atoms with van der Waals surface area (Å²) in [5.74, 6) is -1.13. The van der Waals surface area contributed by atoms with E-state index in [9.17, 15) is 13.2 Å². The van der Waals surface area contributed by atoms with Crippen LogP contribution in [-0.4, -0.2) is 20.1 Å². The van der Waals surface area contributed by atoms with Gasteiger partial charge in [-0.25, -0.2) is 8.42 Å². The number of nitrogens with one attached hydrogen (secondary N) is 1. The van der Waals surface area contributed by atoms with Gasteiger partial charge >= 0.3 is 0 Å². The molecule has 4 nitrogen and oxygen atoms in total. The molecule has 0 aliphatic rings. The van der Waals surface area contributed by atoms with Gasteiger partial charge < -0.3 is 5.32 Å². The van der Waals surface area contributed by atoms with Crippen molar-refractivity contribution >= 4 is 37.4 Å². The second-order valence-corrected chi connectivity index (χ2v) is 7.93. The molecule has 6 heteroatoms. The average Bonchev–Trinajstić information content (AvgIpc) is 2.42. The van der Waals surface area contributed by atoms with Crippen LogP contribution in [0.4, 0.5) is 5.69 Å². The summed E-state index contributed by atoms with van der Waals surface area (Å²) in [5, 5.41) is 2.61. The molecule has 0 saturated heterocycles. The molecule has 2 aromatic rings. The molecular formula is C16H16BrNO3S. The summed E-state index contributed by atoms with van der Waals surface area (Å²) >= 11 is 3.37. The molecule has 0 saturated carbocycles. The van der Waals surface area contributed by atoms with E-state index in [2.05, 4.69) is 21.2 Å². The molecule has 0 fully saturated rings. The van der Waals surface area contributed by atoms with Gasteiger partial charge in [-0.1, -0.05) is 33.6 Å². The van der Waals surface area contributed by atoms with Crippen molar-refractivity contribution in [2.24, 2.45) is 0 Å². The zero-order valence-electron chi connectivity index (χ0n) is 12.3. The van der Waals surface area contributed by atoms with E-state index in [0.29, 0.717) is 5.69 Å². The number of rotatable bonds is 4. The molecule has 0 unspecified atom stereocenters. The molecule has 0 aliphatic carbocycles. The molecule has 0 heterocycles. The molecule has 0 bridgehead atoms. The van der Waals surface area contributed by atoms with Crippen molar-refractivity contribution in [1.82, 2.24) is 0 Å². The predicted molar refractivity (Wildman–Crippen MR) is 90.7 cm³/mol. The average molecular weight is 382 g/mol. The Hall–Kier alpha value is -1.66. The highest BCUT2D eigenvalue weighted by Crippen LogP contribution is 2.20. The van der Waals surface area contributed by atoms with Gasteiger partial charge in [-0.15, -0.1) is 0 Å². The van der Waals surface area contributed by atoms with Gasteiger partial charge in [0.05, 0.1) is 4.90 Å². The summed E-state index contributed by atoms with van der Waals surface area (Å²) < 4.78 is 25.3. The first-order valence-electron chi connectivity index (χ1n) is 6.63. The van der Waals surface area contributed by atoms with Crippen LogP contribution in [0.5, 0.6) is 0 Å². The van der Waals surface area contributed by atoms with Crippen LogP contribution in [0.2, 0.25) is 0 Å². The standard InChI is InChI=1S/C16H16BrNO3S/c1-11-3-6-14(7-4-11)22(20,21)10-16(19)18-13-5-8-15(17)12(2)9-13/h3-9H,10H2,1-2H3,(H,18,19). The van der Waals surface area contributed by atoms with Crippen molar-refractivity contribution in [3.63, 3.8) is 0 Å². The minimum Gasteiger partial charge on any atom is -0.325 e. The maximum absolute atomic E-state index is 12.2. The number of hydrogen-bond donors (Lipinski definition) is 1. The normalized spacial score (nSPS) is 11.2. The van der Waals surface area contributed by atoms with Gasteiger partial charge in [0.1, 0.15) is 5.75 Å². The molecule has 116 valence electrons. The van der Waals surface area contributed by atoms with Gasteiger partial charge in [0, 0.05) is 10.2 Å². The molecule has 0 radical (unpaired) electrons. The van der Waals surface area contributed by atoms with Gasteiger partial charge in [-0.05, 0) is 49.7 Å². The van der Waals surface area contributed by atoms with E-state index >= 15 is 0 Å². The Kier molecular flexibility index (Phi) is 5.03. The molecule has 0 aliphatic heterocycles. The topological polar surface area (TPSA) is 63.2 Å². The first-order chi connectivity index (χ1) is 10.3. The van der Waals surface area contributed by atoms with Gasteiger partial charge in [0.25, 0.3) is 0 Å². The van der Waals surface area contributed by atoms with Crippen LogP contribution in [0.25, 0.3) is 0 Å². The number of carbonyl (C=O) groups is 1. The van der Waals surface area contributed by atoms with E-state index in [0.717, 1.165) is 15.6 Å². The zero-order valence-corrected chi connectivity index (χ0v) is 14.7. The van der Waals surface area contributed by atoms with Crippen LogP contribution in [0.15, 0.2) is 51.8 Å². The Balaban J connectivity index is 2.10. The summed E-state index contributed by atoms with van der Waals surface area (Å²) in [6, 6.07) is 11.8. The maximum Gasteiger partial charge on any atom is 0.239 e. The summed E-state index contributed by atoms with van der Waals surface area (Å²) in [7, 11) is -3.64. The van der Waals surface area contributed by atoms with Gasteiger partial charge in [-0.3, -0.25) is 4.79 Å². The Morgan fingerprint density at radius 3 is 2.32 bits per heavy atom. The summed E-state index contributed by atoms with van der Waals surface area (Å²) in [5.41, 5.74) is 2.50. The summed E-state index contributed by atoms with van der Waals surface area (Å²) in [6.45, 7) is 3.77. The second-order valence-electron chi connectivity index (χ2n) is 5.08. The van der Waals surface area contributed by atoms with E-state index < -0.39 is 21.5 Å². The highest BCUT2D eigenvalue weighted by Gasteiger charge is 2.19. The number of anilines is 1. The van der Waals surface area contributed by atoms with Crippen LogP contribution in [0, 0.1) is 13.8 Å². The Morgan fingerprint density at radius 1 is 1.09 bits per heavy atom. The Bertz CT molecular complexity index is 799.